The highest BCUT2D eigenvalue weighted by Crippen LogP contribution is 2.23. The smallest absolute Gasteiger partial charge is 0.270 e. The summed E-state index contributed by atoms with van der Waals surface area (Å²) in [6, 6.07) is 16.7. The van der Waals surface area contributed by atoms with E-state index in [2.05, 4.69) is 33.4 Å². The van der Waals surface area contributed by atoms with Crippen LogP contribution in [0.5, 0.6) is 0 Å². The van der Waals surface area contributed by atoms with Gasteiger partial charge in [0.1, 0.15) is 17.2 Å². The molecule has 0 fully saturated rings. The largest absolute Gasteiger partial charge is 0.347 e. The van der Waals surface area contributed by atoms with E-state index in [1.165, 1.54) is 23.3 Å². The van der Waals surface area contributed by atoms with E-state index in [0.717, 1.165) is 42.9 Å². The van der Waals surface area contributed by atoms with Crippen LogP contribution in [-0.4, -0.2) is 26.7 Å². The van der Waals surface area contributed by atoms with Gasteiger partial charge in [-0.05, 0) is 59.4 Å². The van der Waals surface area contributed by atoms with Crippen molar-refractivity contribution in [1.82, 2.24) is 19.6 Å². The van der Waals surface area contributed by atoms with Crippen LogP contribution in [0.3, 0.4) is 0 Å². The van der Waals surface area contributed by atoms with Gasteiger partial charge in [-0.2, -0.15) is 0 Å². The van der Waals surface area contributed by atoms with Crippen LogP contribution >= 0.6 is 11.6 Å². The molecule has 174 valence electrons. The second-order valence-corrected chi connectivity index (χ2v) is 9.15. The van der Waals surface area contributed by atoms with Gasteiger partial charge in [-0.15, -0.1) is 0 Å². The van der Waals surface area contributed by atoms with Crippen molar-refractivity contribution in [3.05, 3.63) is 105 Å². The average Bonchev–Trinajstić information content (AvgIpc) is 3.21. The van der Waals surface area contributed by atoms with Crippen molar-refractivity contribution >= 4 is 23.2 Å². The number of carbonyl (C=O) groups excluding carboxylic acids is 1. The van der Waals surface area contributed by atoms with Crippen LogP contribution in [-0.2, 0) is 32.5 Å². The lowest BCUT2D eigenvalue weighted by atomic mass is 9.97. The summed E-state index contributed by atoms with van der Waals surface area (Å²) >= 11 is 6.16. The monoisotopic (exact) mass is 476 g/mol. The highest BCUT2D eigenvalue weighted by Gasteiger charge is 2.20. The standard InChI is InChI=1S/C27H26ClFN4O/c1-2-24-26(33-17-22(28)7-10-25(33)31-24)27(34)30-14-19-3-6-20-11-12-32(16-21(20)13-19)15-18-4-8-23(29)9-5-18/h3-10,13,17H,2,11-12,14-16H2,1H3,(H,30,34). The van der Waals surface area contributed by atoms with E-state index in [9.17, 15) is 9.18 Å². The Morgan fingerprint density at radius 2 is 1.88 bits per heavy atom. The van der Waals surface area contributed by atoms with Gasteiger partial charge in [0, 0.05) is 32.4 Å². The maximum atomic E-state index is 13.2. The third-order valence-electron chi connectivity index (χ3n) is 6.34. The van der Waals surface area contributed by atoms with Gasteiger partial charge in [-0.3, -0.25) is 14.1 Å². The molecule has 7 heteroatoms. The summed E-state index contributed by atoms with van der Waals surface area (Å²) in [4.78, 5) is 20.0. The number of carbonyl (C=O) groups is 1. The number of hydrogen-bond donors (Lipinski definition) is 1. The van der Waals surface area contributed by atoms with Crippen LogP contribution < -0.4 is 5.32 Å². The average molecular weight is 477 g/mol. The molecule has 3 heterocycles. The molecule has 5 nitrogen and oxygen atoms in total. The van der Waals surface area contributed by atoms with Gasteiger partial charge in [0.2, 0.25) is 0 Å². The first-order valence-electron chi connectivity index (χ1n) is 11.5. The maximum absolute atomic E-state index is 13.2. The van der Waals surface area contributed by atoms with Crippen molar-refractivity contribution in [3.8, 4) is 0 Å². The molecule has 0 bridgehead atoms. The lowest BCUT2D eigenvalue weighted by Crippen LogP contribution is -2.30. The second kappa shape index (κ2) is 9.57. The number of fused-ring (bicyclic) bond motifs is 2. The molecule has 5 rings (SSSR count). The fraction of sp³-hybridized carbons (Fsp3) is 0.259. The van der Waals surface area contributed by atoms with Crippen molar-refractivity contribution in [3.63, 3.8) is 0 Å². The van der Waals surface area contributed by atoms with Crippen LogP contribution in [0.25, 0.3) is 5.65 Å². The number of amides is 1. The summed E-state index contributed by atoms with van der Waals surface area (Å²) in [5, 5.41) is 3.62. The molecule has 2 aromatic heterocycles. The van der Waals surface area contributed by atoms with Crippen LogP contribution in [0.1, 0.15) is 45.4 Å². The number of imidazole rings is 1. The normalized spacial score (nSPS) is 13.7. The number of nitrogens with one attached hydrogen (secondary N) is 1. The molecule has 0 saturated heterocycles. The quantitative estimate of drug-likeness (QED) is 0.417. The van der Waals surface area contributed by atoms with E-state index in [1.54, 1.807) is 16.7 Å². The Morgan fingerprint density at radius 1 is 1.09 bits per heavy atom. The van der Waals surface area contributed by atoms with Crippen LogP contribution in [0, 0.1) is 5.82 Å². The van der Waals surface area contributed by atoms with Crippen molar-refractivity contribution < 1.29 is 9.18 Å². The third kappa shape index (κ3) is 4.69. The summed E-state index contributed by atoms with van der Waals surface area (Å²) in [5.41, 5.74) is 6.77. The summed E-state index contributed by atoms with van der Waals surface area (Å²) in [5.74, 6) is -0.375. The van der Waals surface area contributed by atoms with Gasteiger partial charge in [0.25, 0.3) is 5.91 Å². The second-order valence-electron chi connectivity index (χ2n) is 8.71. The number of aromatic nitrogens is 2. The van der Waals surface area contributed by atoms with E-state index < -0.39 is 0 Å². The Labute approximate surface area is 203 Å². The molecule has 1 aliphatic heterocycles. The number of rotatable bonds is 6. The molecule has 0 spiro atoms. The van der Waals surface area contributed by atoms with E-state index >= 15 is 0 Å². The molecule has 34 heavy (non-hydrogen) atoms. The molecule has 0 saturated carbocycles. The van der Waals surface area contributed by atoms with Crippen LogP contribution in [0.15, 0.2) is 60.8 Å². The number of benzene rings is 2. The fourth-order valence-electron chi connectivity index (χ4n) is 4.58. The molecule has 2 aromatic carbocycles. The van der Waals surface area contributed by atoms with Gasteiger partial charge < -0.3 is 5.32 Å². The van der Waals surface area contributed by atoms with E-state index in [-0.39, 0.29) is 11.7 Å². The van der Waals surface area contributed by atoms with Crippen LogP contribution in [0.4, 0.5) is 4.39 Å². The number of nitrogens with zero attached hydrogens (tertiary/aromatic N) is 3. The Hall–Kier alpha value is -3.22. The van der Waals surface area contributed by atoms with Gasteiger partial charge in [-0.1, -0.05) is 48.9 Å². The molecule has 1 N–H and O–H groups in total. The van der Waals surface area contributed by atoms with Gasteiger partial charge >= 0.3 is 0 Å². The minimum atomic E-state index is -0.211. The van der Waals surface area contributed by atoms with E-state index in [4.69, 9.17) is 11.6 Å². The first-order chi connectivity index (χ1) is 16.5. The molecule has 1 aliphatic rings. The predicted molar refractivity (Wildman–Crippen MR) is 131 cm³/mol. The molecule has 4 aromatic rings. The first-order valence-corrected chi connectivity index (χ1v) is 11.9. The van der Waals surface area contributed by atoms with E-state index in [1.807, 2.05) is 25.1 Å². The number of pyridine rings is 1. The molecule has 0 radical (unpaired) electrons. The number of halogens is 2. The fourth-order valence-corrected chi connectivity index (χ4v) is 4.74. The highest BCUT2D eigenvalue weighted by molar-refractivity contribution is 6.30. The zero-order chi connectivity index (χ0) is 23.7. The molecular weight excluding hydrogens is 451 g/mol. The Kier molecular flexibility index (Phi) is 6.35. The minimum absolute atomic E-state index is 0.165. The topological polar surface area (TPSA) is 49.6 Å². The summed E-state index contributed by atoms with van der Waals surface area (Å²) in [6.07, 6.45) is 3.36. The maximum Gasteiger partial charge on any atom is 0.270 e. The van der Waals surface area contributed by atoms with Gasteiger partial charge in [-0.25, -0.2) is 9.37 Å². The van der Waals surface area contributed by atoms with Crippen molar-refractivity contribution in [2.75, 3.05) is 6.54 Å². The highest BCUT2D eigenvalue weighted by atomic mass is 35.5. The molecule has 0 unspecified atom stereocenters. The lowest BCUT2D eigenvalue weighted by molar-refractivity contribution is 0.0944. The van der Waals surface area contributed by atoms with Gasteiger partial charge in [0.15, 0.2) is 0 Å². The summed E-state index contributed by atoms with van der Waals surface area (Å²) in [7, 11) is 0. The lowest BCUT2D eigenvalue weighted by Gasteiger charge is -2.29. The zero-order valence-corrected chi connectivity index (χ0v) is 19.8. The third-order valence-corrected chi connectivity index (χ3v) is 6.56. The molecule has 1 amide bonds. The molecular formula is C27H26ClFN4O. The van der Waals surface area contributed by atoms with Crippen molar-refractivity contribution in [1.29, 1.82) is 0 Å². The summed E-state index contributed by atoms with van der Waals surface area (Å²) in [6.45, 7) is 5.01. The predicted octanol–water partition coefficient (Wildman–Crippen LogP) is 5.18. The first kappa shape index (κ1) is 22.6. The molecule has 0 aliphatic carbocycles. The SMILES string of the molecule is CCc1nc2ccc(Cl)cn2c1C(=O)NCc1ccc2c(c1)CN(Cc1ccc(F)cc1)CC2. The van der Waals surface area contributed by atoms with Crippen LogP contribution in [0.2, 0.25) is 5.02 Å². The number of hydrogen-bond acceptors (Lipinski definition) is 3. The zero-order valence-electron chi connectivity index (χ0n) is 19.0. The Balaban J connectivity index is 1.28. The Bertz CT molecular complexity index is 1350. The summed E-state index contributed by atoms with van der Waals surface area (Å²) < 4.78 is 15.0. The van der Waals surface area contributed by atoms with E-state index in [0.29, 0.717) is 29.3 Å². The Morgan fingerprint density at radius 3 is 2.68 bits per heavy atom. The van der Waals surface area contributed by atoms with Crippen molar-refractivity contribution in [2.45, 2.75) is 39.4 Å². The molecule has 0 atom stereocenters. The number of aryl methyl sites for hydroxylation is 1. The minimum Gasteiger partial charge on any atom is -0.347 e. The van der Waals surface area contributed by atoms with Gasteiger partial charge in [0.05, 0.1) is 10.7 Å². The van der Waals surface area contributed by atoms with Crippen molar-refractivity contribution in [2.24, 2.45) is 0 Å².